The fourth-order valence-corrected chi connectivity index (χ4v) is 3.18. The summed E-state index contributed by atoms with van der Waals surface area (Å²) in [6, 6.07) is 7.57. The number of halogens is 1. The van der Waals surface area contributed by atoms with Gasteiger partial charge in [-0.05, 0) is 30.7 Å². The largest absolute Gasteiger partial charge is 1.00 e. The zero-order valence-electron chi connectivity index (χ0n) is 12.2. The van der Waals surface area contributed by atoms with Crippen LogP contribution in [0.3, 0.4) is 0 Å². The molecule has 22 heavy (non-hydrogen) atoms. The van der Waals surface area contributed by atoms with E-state index in [0.717, 1.165) is 18.7 Å². The molecule has 1 atom stereocenters. The van der Waals surface area contributed by atoms with Gasteiger partial charge >= 0.3 is 0 Å². The Morgan fingerprint density at radius 2 is 2.00 bits per heavy atom. The normalized spacial score (nSPS) is 23.1. The van der Waals surface area contributed by atoms with Crippen molar-refractivity contribution in [2.24, 2.45) is 5.73 Å². The van der Waals surface area contributed by atoms with Crippen LogP contribution in [0.2, 0.25) is 0 Å². The van der Waals surface area contributed by atoms with Gasteiger partial charge in [-0.15, -0.1) is 0 Å². The number of nitrogen functional groups attached to an aromatic ring is 1. The van der Waals surface area contributed by atoms with Crippen molar-refractivity contribution in [3.63, 3.8) is 0 Å². The number of anilines is 2. The average Bonchev–Trinajstić information content (AvgIpc) is 2.95. The predicted molar refractivity (Wildman–Crippen MR) is 83.0 cm³/mol. The molecular formula is C16H19ClN4O. The van der Waals surface area contributed by atoms with Crippen molar-refractivity contribution >= 4 is 17.3 Å². The standard InChI is InChI=1S/C16H18N4O.ClH/c17-13-5-7-14(8-6-13)20-12-4-9-16(20,15(18)21)19-10-2-1-3-11-19;/h2-3,5-8,10H,4,9,11-12,17H2,(H-,18,21);1H/t16-;/m0./s1. The molecular weight excluding hydrogens is 300 g/mol. The number of primary amides is 1. The van der Waals surface area contributed by atoms with Crippen molar-refractivity contribution < 1.29 is 17.2 Å². The molecule has 0 bridgehead atoms. The third-order valence-electron chi connectivity index (χ3n) is 4.18. The van der Waals surface area contributed by atoms with Crippen LogP contribution in [0.25, 0.3) is 0 Å². The highest BCUT2D eigenvalue weighted by molar-refractivity contribution is 5.89. The lowest BCUT2D eigenvalue weighted by molar-refractivity contribution is -0.127. The molecule has 4 N–H and O–H groups in total. The van der Waals surface area contributed by atoms with Gasteiger partial charge in [0.2, 0.25) is 5.66 Å². The molecule has 2 heterocycles. The third-order valence-corrected chi connectivity index (χ3v) is 4.18. The SMILES string of the molecule is NC(=O)[C@]1(N2C=C[C+]=CC2)CCCN1c1ccc(N)cc1.[Cl-]. The summed E-state index contributed by atoms with van der Waals surface area (Å²) >= 11 is 0. The van der Waals surface area contributed by atoms with Gasteiger partial charge in [0.25, 0.3) is 5.91 Å². The fourth-order valence-electron chi connectivity index (χ4n) is 3.18. The van der Waals surface area contributed by atoms with Crippen LogP contribution in [-0.4, -0.2) is 29.6 Å². The van der Waals surface area contributed by atoms with E-state index in [0.29, 0.717) is 18.7 Å². The first-order chi connectivity index (χ1) is 10.1. The van der Waals surface area contributed by atoms with Crippen molar-refractivity contribution in [1.29, 1.82) is 0 Å². The molecule has 1 amide bonds. The van der Waals surface area contributed by atoms with Crippen molar-refractivity contribution in [2.45, 2.75) is 18.5 Å². The Morgan fingerprint density at radius 1 is 1.27 bits per heavy atom. The maximum atomic E-state index is 12.3. The predicted octanol–water partition coefficient (Wildman–Crippen LogP) is -1.76. The van der Waals surface area contributed by atoms with E-state index in [1.165, 1.54) is 0 Å². The Bertz CT molecular complexity index is 599. The van der Waals surface area contributed by atoms with Gasteiger partial charge in [0, 0.05) is 24.3 Å². The van der Waals surface area contributed by atoms with E-state index in [1.807, 2.05) is 47.5 Å². The van der Waals surface area contributed by atoms with Crippen molar-refractivity contribution in [2.75, 3.05) is 23.7 Å². The van der Waals surface area contributed by atoms with Crippen LogP contribution in [0.1, 0.15) is 12.8 Å². The number of nitrogens with two attached hydrogens (primary N) is 2. The second-order valence-electron chi connectivity index (χ2n) is 5.37. The van der Waals surface area contributed by atoms with Gasteiger partial charge in [0.05, 0.1) is 18.7 Å². The smallest absolute Gasteiger partial charge is 0.266 e. The first kappa shape index (κ1) is 16.1. The Hall–Kier alpha value is -2.23. The molecule has 3 rings (SSSR count). The third kappa shape index (κ3) is 2.49. The minimum atomic E-state index is -0.814. The maximum absolute atomic E-state index is 12.3. The minimum Gasteiger partial charge on any atom is -1.00 e. The molecule has 0 radical (unpaired) electrons. The lowest BCUT2D eigenvalue weighted by atomic mass is 10.0. The summed E-state index contributed by atoms with van der Waals surface area (Å²) in [5, 5.41) is 0. The molecule has 0 saturated carbocycles. The van der Waals surface area contributed by atoms with E-state index in [4.69, 9.17) is 11.5 Å². The molecule has 2 aliphatic heterocycles. The van der Waals surface area contributed by atoms with Gasteiger partial charge < -0.3 is 28.8 Å². The summed E-state index contributed by atoms with van der Waals surface area (Å²) in [5.74, 6) is -0.322. The summed E-state index contributed by atoms with van der Waals surface area (Å²) in [7, 11) is 0. The lowest BCUT2D eigenvalue weighted by Gasteiger charge is -2.42. The van der Waals surface area contributed by atoms with Crippen LogP contribution in [0, 0.1) is 6.08 Å². The summed E-state index contributed by atoms with van der Waals surface area (Å²) in [4.78, 5) is 16.4. The van der Waals surface area contributed by atoms with Crippen LogP contribution >= 0.6 is 0 Å². The Balaban J connectivity index is 0.00000176. The first-order valence-electron chi connectivity index (χ1n) is 7.09. The van der Waals surface area contributed by atoms with Crippen LogP contribution < -0.4 is 28.8 Å². The van der Waals surface area contributed by atoms with Crippen LogP contribution in [0.5, 0.6) is 0 Å². The molecule has 1 aromatic carbocycles. The van der Waals surface area contributed by atoms with Gasteiger partial charge in [-0.1, -0.05) is 0 Å². The molecule has 5 nitrogen and oxygen atoms in total. The van der Waals surface area contributed by atoms with Gasteiger partial charge in [-0.3, -0.25) is 9.69 Å². The number of nitrogens with zero attached hydrogens (tertiary/aromatic N) is 2. The van der Waals surface area contributed by atoms with E-state index in [2.05, 4.69) is 11.0 Å². The molecule has 116 valence electrons. The van der Waals surface area contributed by atoms with Crippen molar-refractivity contribution in [1.82, 2.24) is 4.90 Å². The van der Waals surface area contributed by atoms with Crippen LogP contribution in [0.15, 0.2) is 42.6 Å². The van der Waals surface area contributed by atoms with E-state index in [-0.39, 0.29) is 18.3 Å². The molecule has 0 aromatic heterocycles. The van der Waals surface area contributed by atoms with Crippen LogP contribution in [0.4, 0.5) is 11.4 Å². The Labute approximate surface area is 136 Å². The van der Waals surface area contributed by atoms with E-state index in [9.17, 15) is 4.79 Å². The summed E-state index contributed by atoms with van der Waals surface area (Å²) < 4.78 is 0. The van der Waals surface area contributed by atoms with Gasteiger partial charge in [-0.25, -0.2) is 0 Å². The van der Waals surface area contributed by atoms with Crippen molar-refractivity contribution in [3.8, 4) is 0 Å². The molecule has 1 aromatic rings. The van der Waals surface area contributed by atoms with Gasteiger partial charge in [-0.2, -0.15) is 0 Å². The number of allylic oxidation sites excluding steroid dienone is 2. The Kier molecular flexibility index (Phi) is 4.59. The number of carbonyl (C=O) groups is 1. The van der Waals surface area contributed by atoms with Crippen LogP contribution in [-0.2, 0) is 4.79 Å². The number of carbonyl (C=O) groups excluding carboxylic acids is 1. The average molecular weight is 319 g/mol. The first-order valence-corrected chi connectivity index (χ1v) is 7.09. The van der Waals surface area contributed by atoms with E-state index >= 15 is 0 Å². The molecule has 0 spiro atoms. The molecule has 1 saturated heterocycles. The fraction of sp³-hybridized carbons (Fsp3) is 0.312. The second kappa shape index (κ2) is 6.26. The summed E-state index contributed by atoms with van der Waals surface area (Å²) in [5.41, 5.74) is 12.4. The second-order valence-corrected chi connectivity index (χ2v) is 5.37. The summed E-state index contributed by atoms with van der Waals surface area (Å²) in [6.45, 7) is 1.43. The van der Waals surface area contributed by atoms with Gasteiger partial charge in [0.15, 0.2) is 6.08 Å². The molecule has 1 fully saturated rings. The van der Waals surface area contributed by atoms with Gasteiger partial charge in [0.1, 0.15) is 6.20 Å². The Morgan fingerprint density at radius 3 is 2.59 bits per heavy atom. The topological polar surface area (TPSA) is 75.6 Å². The van der Waals surface area contributed by atoms with E-state index < -0.39 is 5.66 Å². The number of rotatable bonds is 3. The maximum Gasteiger partial charge on any atom is 0.266 e. The highest BCUT2D eigenvalue weighted by Gasteiger charge is 2.52. The molecule has 0 aliphatic carbocycles. The number of hydrogen-bond acceptors (Lipinski definition) is 4. The molecule has 0 unspecified atom stereocenters. The number of hydrogen-bond donors (Lipinski definition) is 2. The number of amides is 1. The zero-order valence-corrected chi connectivity index (χ0v) is 13.0. The molecule has 6 heteroatoms. The highest BCUT2D eigenvalue weighted by atomic mass is 35.5. The summed E-state index contributed by atoms with van der Waals surface area (Å²) in [6.07, 6.45) is 10.3. The number of benzene rings is 1. The zero-order chi connectivity index (χ0) is 14.9. The minimum absolute atomic E-state index is 0. The quantitative estimate of drug-likeness (QED) is 0.512. The molecule has 2 aliphatic rings. The lowest BCUT2D eigenvalue weighted by Crippen LogP contribution is -3.00. The monoisotopic (exact) mass is 318 g/mol. The van der Waals surface area contributed by atoms with E-state index in [1.54, 1.807) is 0 Å². The highest BCUT2D eigenvalue weighted by Crippen LogP contribution is 2.37. The van der Waals surface area contributed by atoms with Crippen molar-refractivity contribution in [3.05, 3.63) is 48.7 Å².